The fraction of sp³-hybridized carbons (Fsp3) is 0.553. The second kappa shape index (κ2) is 18.9. The molecule has 0 spiro atoms. The van der Waals surface area contributed by atoms with Gasteiger partial charge in [0.1, 0.15) is 5.60 Å². The lowest BCUT2D eigenvalue weighted by atomic mass is 9.93. The third-order valence-electron chi connectivity index (χ3n) is 9.06. The predicted octanol–water partition coefficient (Wildman–Crippen LogP) is 8.20. The van der Waals surface area contributed by atoms with Crippen molar-refractivity contribution >= 4 is 57.8 Å². The molecule has 0 aliphatic carbocycles. The van der Waals surface area contributed by atoms with Crippen LogP contribution < -0.4 is 5.32 Å². The number of hydrogen-bond donors (Lipinski definition) is 1. The number of likely N-dealkylation sites (tertiary alicyclic amines) is 2. The average Bonchev–Trinajstić information content (AvgIpc) is 3.69. The third-order valence-corrected chi connectivity index (χ3v) is 11.3. The Bertz CT molecular complexity index is 1690. The number of carbonyl (C=O) groups excluding carboxylic acids is 3. The van der Waals surface area contributed by atoms with E-state index in [1.807, 2.05) is 51.6 Å². The quantitative estimate of drug-likeness (QED) is 0.0777. The lowest BCUT2D eigenvalue weighted by molar-refractivity contribution is 0.0236. The molecule has 1 N–H and O–H groups in total. The van der Waals surface area contributed by atoms with Gasteiger partial charge in [0.15, 0.2) is 6.19 Å². The summed E-state index contributed by atoms with van der Waals surface area (Å²) >= 11 is 3.21. The van der Waals surface area contributed by atoms with Gasteiger partial charge in [-0.2, -0.15) is 5.26 Å². The molecular formula is C38H53N5O6S2. The molecule has 2 saturated heterocycles. The van der Waals surface area contributed by atoms with Crippen molar-refractivity contribution in [1.82, 2.24) is 15.1 Å². The zero-order valence-corrected chi connectivity index (χ0v) is 33.4. The molecule has 0 saturated carbocycles. The van der Waals surface area contributed by atoms with Crippen molar-refractivity contribution in [2.75, 3.05) is 47.4 Å². The molecule has 4 rings (SSSR count). The summed E-state index contributed by atoms with van der Waals surface area (Å²) in [5.74, 6) is 0.0618. The number of amides is 1. The fourth-order valence-electron chi connectivity index (χ4n) is 6.40. The maximum Gasteiger partial charge on any atom is 0.410 e. The van der Waals surface area contributed by atoms with Crippen LogP contribution in [0.15, 0.2) is 26.9 Å². The number of carbonyl (C=O) groups is 3. The summed E-state index contributed by atoms with van der Waals surface area (Å²) in [5.41, 5.74) is 8.25. The molecule has 0 aromatic carbocycles. The number of ether oxygens (including phenoxy) is 3. The first-order chi connectivity index (χ1) is 24.2. The maximum atomic E-state index is 12.2. The molecule has 0 unspecified atom stereocenters. The minimum Gasteiger partial charge on any atom is -0.465 e. The SMILES string of the molecule is CCC(=C1CCN(C(=NC)NC#N)CC1)c1scc(C(=O)OC)c1C.CCC(=C1CCN(C(=O)OC(C)(C)C)CC1)c1scc(C(=O)OC)c1C. The van der Waals surface area contributed by atoms with Gasteiger partial charge in [0.05, 0.1) is 25.3 Å². The Morgan fingerprint density at radius 1 is 0.824 bits per heavy atom. The van der Waals surface area contributed by atoms with E-state index >= 15 is 0 Å². The second-order valence-corrected chi connectivity index (χ2v) is 15.1. The van der Waals surface area contributed by atoms with Gasteiger partial charge < -0.3 is 24.0 Å². The van der Waals surface area contributed by atoms with Crippen LogP contribution >= 0.6 is 22.7 Å². The van der Waals surface area contributed by atoms with Crippen molar-refractivity contribution < 1.29 is 28.6 Å². The highest BCUT2D eigenvalue weighted by molar-refractivity contribution is 7.12. The van der Waals surface area contributed by atoms with E-state index in [-0.39, 0.29) is 18.0 Å². The van der Waals surface area contributed by atoms with Crippen molar-refractivity contribution in [3.05, 3.63) is 53.9 Å². The first-order valence-corrected chi connectivity index (χ1v) is 19.1. The number of nitrogens with zero attached hydrogens (tertiary/aromatic N) is 4. The van der Waals surface area contributed by atoms with E-state index in [0.29, 0.717) is 30.2 Å². The highest BCUT2D eigenvalue weighted by atomic mass is 32.1. The van der Waals surface area contributed by atoms with E-state index in [1.165, 1.54) is 41.4 Å². The number of hydrogen-bond acceptors (Lipinski definition) is 10. The number of methoxy groups -OCH3 is 2. The highest BCUT2D eigenvalue weighted by Crippen LogP contribution is 2.37. The molecule has 13 heteroatoms. The van der Waals surface area contributed by atoms with Gasteiger partial charge in [-0.15, -0.1) is 22.7 Å². The van der Waals surface area contributed by atoms with Gasteiger partial charge in [0.2, 0.25) is 5.96 Å². The number of nitriles is 1. The monoisotopic (exact) mass is 739 g/mol. The van der Waals surface area contributed by atoms with E-state index in [4.69, 9.17) is 19.5 Å². The highest BCUT2D eigenvalue weighted by Gasteiger charge is 2.27. The Morgan fingerprint density at radius 3 is 1.57 bits per heavy atom. The molecule has 11 nitrogen and oxygen atoms in total. The molecule has 1 amide bonds. The number of allylic oxidation sites excluding steroid dienone is 2. The molecular weight excluding hydrogens is 687 g/mol. The van der Waals surface area contributed by atoms with Gasteiger partial charge in [-0.25, -0.2) is 14.4 Å². The molecule has 51 heavy (non-hydrogen) atoms. The van der Waals surface area contributed by atoms with E-state index in [0.717, 1.165) is 67.6 Å². The summed E-state index contributed by atoms with van der Waals surface area (Å²) in [4.78, 5) is 46.3. The lowest BCUT2D eigenvalue weighted by Gasteiger charge is -2.32. The van der Waals surface area contributed by atoms with Crippen molar-refractivity contribution in [2.45, 2.75) is 92.6 Å². The summed E-state index contributed by atoms with van der Waals surface area (Å²) in [5, 5.41) is 15.2. The van der Waals surface area contributed by atoms with Crippen molar-refractivity contribution in [1.29, 1.82) is 5.26 Å². The Hall–Kier alpha value is -4.15. The zero-order valence-electron chi connectivity index (χ0n) is 31.8. The van der Waals surface area contributed by atoms with Crippen LogP contribution in [0.3, 0.4) is 0 Å². The number of esters is 2. The number of rotatable bonds is 6. The first kappa shape index (κ1) is 41.3. The van der Waals surface area contributed by atoms with Crippen LogP contribution in [0.25, 0.3) is 11.1 Å². The first-order valence-electron chi connectivity index (χ1n) is 17.3. The zero-order chi connectivity index (χ0) is 37.9. The van der Waals surface area contributed by atoms with Crippen LogP contribution in [-0.2, 0) is 14.2 Å². The third kappa shape index (κ3) is 10.5. The average molecular weight is 740 g/mol. The van der Waals surface area contributed by atoms with Gasteiger partial charge in [0, 0.05) is 53.7 Å². The molecule has 278 valence electrons. The van der Waals surface area contributed by atoms with Crippen LogP contribution in [0, 0.1) is 25.3 Å². The summed E-state index contributed by atoms with van der Waals surface area (Å²) < 4.78 is 15.2. The van der Waals surface area contributed by atoms with Crippen LogP contribution in [0.1, 0.15) is 115 Å². The van der Waals surface area contributed by atoms with E-state index in [9.17, 15) is 14.4 Å². The maximum absolute atomic E-state index is 12.2. The summed E-state index contributed by atoms with van der Waals surface area (Å²) in [7, 11) is 4.51. The minimum absolute atomic E-state index is 0.241. The van der Waals surface area contributed by atoms with E-state index < -0.39 is 5.60 Å². The lowest BCUT2D eigenvalue weighted by Crippen LogP contribution is -2.42. The van der Waals surface area contributed by atoms with Crippen LogP contribution in [-0.4, -0.2) is 86.8 Å². The molecule has 2 aromatic rings. The Balaban J connectivity index is 0.000000276. The van der Waals surface area contributed by atoms with Gasteiger partial charge in [-0.3, -0.25) is 10.3 Å². The van der Waals surface area contributed by atoms with Crippen molar-refractivity contribution in [3.63, 3.8) is 0 Å². The number of aliphatic imine (C=N–C) groups is 1. The largest absolute Gasteiger partial charge is 0.465 e. The van der Waals surface area contributed by atoms with Gasteiger partial charge >= 0.3 is 18.0 Å². The van der Waals surface area contributed by atoms with Crippen molar-refractivity contribution in [3.8, 4) is 6.19 Å². The second-order valence-electron chi connectivity index (χ2n) is 13.3. The van der Waals surface area contributed by atoms with Crippen LogP contribution in [0.4, 0.5) is 4.79 Å². The summed E-state index contributed by atoms with van der Waals surface area (Å²) in [6.45, 7) is 16.9. The molecule has 2 aliphatic rings. The Morgan fingerprint density at radius 2 is 1.24 bits per heavy atom. The van der Waals surface area contributed by atoms with E-state index in [1.54, 1.807) is 34.6 Å². The Labute approximate surface area is 311 Å². The fourth-order valence-corrected chi connectivity index (χ4v) is 8.85. The van der Waals surface area contributed by atoms with Gasteiger partial charge in [-0.1, -0.05) is 25.0 Å². The smallest absolute Gasteiger partial charge is 0.410 e. The van der Waals surface area contributed by atoms with E-state index in [2.05, 4.69) is 29.1 Å². The summed E-state index contributed by atoms with van der Waals surface area (Å²) in [6.07, 6.45) is 7.08. The Kier molecular flexibility index (Phi) is 15.3. The van der Waals surface area contributed by atoms with Gasteiger partial charge in [-0.05, 0) is 95.4 Å². The van der Waals surface area contributed by atoms with Gasteiger partial charge in [0.25, 0.3) is 0 Å². The standard InChI is InChI=1S/C20H29NO4S.C18H24N4O2S/c1-7-15(17-13(2)16(12-26-17)18(22)24-6)14-8-10-21(11-9-14)19(23)25-20(3,4)5;1-5-14(16-12(2)15(10-25-16)17(23)24-4)13-6-8-22(9-7-13)18(20-3)21-11-19/h12H,7-11H2,1-6H3;10H,5-9H2,1-4H3,(H,20,21). The molecule has 0 atom stereocenters. The molecule has 2 fully saturated rings. The number of guanidine groups is 1. The molecule has 4 heterocycles. The van der Waals surface area contributed by atoms with Crippen molar-refractivity contribution in [2.24, 2.45) is 4.99 Å². The van der Waals surface area contributed by atoms with Crippen LogP contribution in [0.5, 0.6) is 0 Å². The number of piperidine rings is 2. The molecule has 2 aromatic heterocycles. The summed E-state index contributed by atoms with van der Waals surface area (Å²) in [6, 6.07) is 0. The normalized spacial score (nSPS) is 15.0. The topological polar surface area (TPSA) is 134 Å². The minimum atomic E-state index is -0.472. The molecule has 0 bridgehead atoms. The number of nitrogens with one attached hydrogen (secondary N) is 1. The molecule has 2 aliphatic heterocycles. The number of thiophene rings is 2. The van der Waals surface area contributed by atoms with Crippen LogP contribution in [0.2, 0.25) is 0 Å². The molecule has 0 radical (unpaired) electrons. The predicted molar refractivity (Wildman–Crippen MR) is 205 cm³/mol.